The summed E-state index contributed by atoms with van der Waals surface area (Å²) in [7, 11) is 0. The molecule has 0 radical (unpaired) electrons. The van der Waals surface area contributed by atoms with Crippen molar-refractivity contribution < 1.29 is 9.26 Å². The maximum Gasteiger partial charge on any atom is 0.258 e. The quantitative estimate of drug-likeness (QED) is 0.856. The van der Waals surface area contributed by atoms with Gasteiger partial charge < -0.3 is 15.0 Å². The molecule has 0 atom stereocenters. The van der Waals surface area contributed by atoms with Gasteiger partial charge in [0.25, 0.3) is 5.89 Å². The van der Waals surface area contributed by atoms with E-state index in [1.165, 1.54) is 0 Å². The first-order valence-corrected chi connectivity index (χ1v) is 6.28. The first kappa shape index (κ1) is 13.5. The van der Waals surface area contributed by atoms with Crippen LogP contribution in [0.25, 0.3) is 11.5 Å². The third-order valence-corrected chi connectivity index (χ3v) is 3.00. The first-order valence-electron chi connectivity index (χ1n) is 6.28. The molecule has 0 fully saturated rings. The second kappa shape index (κ2) is 5.01. The van der Waals surface area contributed by atoms with Crippen molar-refractivity contribution in [3.8, 4) is 11.5 Å². The van der Waals surface area contributed by atoms with E-state index < -0.39 is 5.60 Å². The highest BCUT2D eigenvalue weighted by atomic mass is 16.5. The Hall–Kier alpha value is -1.88. The smallest absolute Gasteiger partial charge is 0.258 e. The van der Waals surface area contributed by atoms with E-state index in [0.717, 1.165) is 11.1 Å². The van der Waals surface area contributed by atoms with E-state index in [-0.39, 0.29) is 0 Å². The molecule has 0 aliphatic carbocycles. The zero-order valence-corrected chi connectivity index (χ0v) is 11.7. The largest absolute Gasteiger partial charge is 0.398 e. The second-order valence-electron chi connectivity index (χ2n) is 4.94. The number of nitrogen functional groups attached to an aromatic ring is 1. The number of benzene rings is 1. The van der Waals surface area contributed by atoms with E-state index >= 15 is 0 Å². The molecular formula is C14H19N3O2. The minimum absolute atomic E-state index is 0.453. The summed E-state index contributed by atoms with van der Waals surface area (Å²) in [6.07, 6.45) is 0. The molecule has 102 valence electrons. The number of nitrogens with two attached hydrogens (primary N) is 1. The molecule has 0 spiro atoms. The average Bonchev–Trinajstić information content (AvgIpc) is 2.83. The number of hydrogen-bond acceptors (Lipinski definition) is 5. The summed E-state index contributed by atoms with van der Waals surface area (Å²) in [5.74, 6) is 0.984. The van der Waals surface area contributed by atoms with Crippen molar-refractivity contribution in [1.29, 1.82) is 0 Å². The third kappa shape index (κ3) is 2.76. The molecule has 0 unspecified atom stereocenters. The predicted molar refractivity (Wildman–Crippen MR) is 73.5 cm³/mol. The molecule has 1 aromatic carbocycles. The third-order valence-electron chi connectivity index (χ3n) is 3.00. The van der Waals surface area contributed by atoms with Crippen LogP contribution in [0.2, 0.25) is 0 Å². The van der Waals surface area contributed by atoms with E-state index in [1.807, 2.05) is 45.9 Å². The van der Waals surface area contributed by atoms with Gasteiger partial charge in [0.2, 0.25) is 5.82 Å². The molecule has 5 nitrogen and oxygen atoms in total. The lowest BCUT2D eigenvalue weighted by Crippen LogP contribution is -2.23. The van der Waals surface area contributed by atoms with Crippen LogP contribution in [0.5, 0.6) is 0 Å². The van der Waals surface area contributed by atoms with Crippen molar-refractivity contribution in [2.75, 3.05) is 12.3 Å². The van der Waals surface area contributed by atoms with Crippen LogP contribution in [-0.2, 0) is 10.3 Å². The van der Waals surface area contributed by atoms with E-state index in [0.29, 0.717) is 24.0 Å². The fourth-order valence-electron chi connectivity index (χ4n) is 1.78. The molecule has 1 heterocycles. The number of rotatable bonds is 4. The summed E-state index contributed by atoms with van der Waals surface area (Å²) >= 11 is 0. The Morgan fingerprint density at radius 3 is 2.74 bits per heavy atom. The van der Waals surface area contributed by atoms with E-state index in [1.54, 1.807) is 0 Å². The SMILES string of the molecule is CCOC(C)(C)c1noc(-c2ccc(C)c(N)c2)n1. The van der Waals surface area contributed by atoms with Gasteiger partial charge in [0.05, 0.1) is 0 Å². The van der Waals surface area contributed by atoms with Gasteiger partial charge >= 0.3 is 0 Å². The van der Waals surface area contributed by atoms with Crippen molar-refractivity contribution in [2.24, 2.45) is 0 Å². The molecule has 2 N–H and O–H groups in total. The summed E-state index contributed by atoms with van der Waals surface area (Å²) in [4.78, 5) is 4.38. The zero-order valence-electron chi connectivity index (χ0n) is 11.7. The normalized spacial score (nSPS) is 11.8. The van der Waals surface area contributed by atoms with Crippen LogP contribution in [0.15, 0.2) is 22.7 Å². The van der Waals surface area contributed by atoms with Crippen molar-refractivity contribution in [2.45, 2.75) is 33.3 Å². The molecular weight excluding hydrogens is 242 g/mol. The zero-order chi connectivity index (χ0) is 14.0. The lowest BCUT2D eigenvalue weighted by atomic mass is 10.1. The van der Waals surface area contributed by atoms with Crippen LogP contribution in [-0.4, -0.2) is 16.7 Å². The van der Waals surface area contributed by atoms with Crippen LogP contribution in [0.1, 0.15) is 32.2 Å². The van der Waals surface area contributed by atoms with Gasteiger partial charge in [0, 0.05) is 17.9 Å². The molecule has 0 bridgehead atoms. The van der Waals surface area contributed by atoms with E-state index in [9.17, 15) is 0 Å². The molecule has 19 heavy (non-hydrogen) atoms. The van der Waals surface area contributed by atoms with Gasteiger partial charge in [-0.25, -0.2) is 0 Å². The predicted octanol–water partition coefficient (Wildman–Crippen LogP) is 2.90. The number of hydrogen-bond donors (Lipinski definition) is 1. The van der Waals surface area contributed by atoms with Crippen LogP contribution >= 0.6 is 0 Å². The second-order valence-corrected chi connectivity index (χ2v) is 4.94. The van der Waals surface area contributed by atoms with Crippen LogP contribution < -0.4 is 5.73 Å². The fourth-order valence-corrected chi connectivity index (χ4v) is 1.78. The minimum Gasteiger partial charge on any atom is -0.398 e. The lowest BCUT2D eigenvalue weighted by molar-refractivity contribution is -0.0221. The Balaban J connectivity index is 2.33. The molecule has 5 heteroatoms. The van der Waals surface area contributed by atoms with Gasteiger partial charge in [-0.3, -0.25) is 0 Å². The summed E-state index contributed by atoms with van der Waals surface area (Å²) in [6, 6.07) is 5.68. The topological polar surface area (TPSA) is 74.2 Å². The molecule has 0 amide bonds. The highest BCUT2D eigenvalue weighted by molar-refractivity contribution is 5.62. The van der Waals surface area contributed by atoms with Gasteiger partial charge in [-0.1, -0.05) is 11.2 Å². The Morgan fingerprint density at radius 2 is 2.11 bits per heavy atom. The fraction of sp³-hybridized carbons (Fsp3) is 0.429. The lowest BCUT2D eigenvalue weighted by Gasteiger charge is -2.19. The number of aryl methyl sites for hydroxylation is 1. The summed E-state index contributed by atoms with van der Waals surface area (Å²) in [5.41, 5.74) is 7.87. The molecule has 0 aliphatic rings. The maximum atomic E-state index is 5.88. The Labute approximate surface area is 112 Å². The van der Waals surface area contributed by atoms with Gasteiger partial charge in [-0.15, -0.1) is 0 Å². The summed E-state index contributed by atoms with van der Waals surface area (Å²) < 4.78 is 10.9. The molecule has 0 saturated heterocycles. The van der Waals surface area contributed by atoms with E-state index in [2.05, 4.69) is 10.1 Å². The monoisotopic (exact) mass is 261 g/mol. The van der Waals surface area contributed by atoms with Gasteiger partial charge in [-0.2, -0.15) is 4.98 Å². The highest BCUT2D eigenvalue weighted by Crippen LogP contribution is 2.26. The van der Waals surface area contributed by atoms with Gasteiger partial charge in [-0.05, 0) is 45.4 Å². The van der Waals surface area contributed by atoms with Crippen molar-refractivity contribution in [3.05, 3.63) is 29.6 Å². The van der Waals surface area contributed by atoms with Crippen LogP contribution in [0.4, 0.5) is 5.69 Å². The minimum atomic E-state index is -0.563. The maximum absolute atomic E-state index is 5.88. The van der Waals surface area contributed by atoms with E-state index in [4.69, 9.17) is 15.0 Å². The van der Waals surface area contributed by atoms with Crippen LogP contribution in [0.3, 0.4) is 0 Å². The average molecular weight is 261 g/mol. The number of anilines is 1. The van der Waals surface area contributed by atoms with Crippen molar-refractivity contribution in [1.82, 2.24) is 10.1 Å². The van der Waals surface area contributed by atoms with Crippen molar-refractivity contribution >= 4 is 5.69 Å². The summed E-state index contributed by atoms with van der Waals surface area (Å²) in [6.45, 7) is 8.30. The Kier molecular flexibility index (Phi) is 3.57. The highest BCUT2D eigenvalue weighted by Gasteiger charge is 2.27. The number of aromatic nitrogens is 2. The molecule has 2 aromatic rings. The Morgan fingerprint density at radius 1 is 1.37 bits per heavy atom. The van der Waals surface area contributed by atoms with Crippen LogP contribution in [0, 0.1) is 6.92 Å². The van der Waals surface area contributed by atoms with Crippen molar-refractivity contribution in [3.63, 3.8) is 0 Å². The first-order chi connectivity index (χ1) is 8.94. The molecule has 0 saturated carbocycles. The Bertz CT molecular complexity index is 576. The number of ether oxygens (including phenoxy) is 1. The molecule has 1 aromatic heterocycles. The number of nitrogens with zero attached hydrogens (tertiary/aromatic N) is 2. The van der Waals surface area contributed by atoms with Gasteiger partial charge in [0.15, 0.2) is 0 Å². The molecule has 2 rings (SSSR count). The standard InChI is InChI=1S/C14H19N3O2/c1-5-18-14(3,4)13-16-12(19-17-13)10-7-6-9(2)11(15)8-10/h6-8H,5,15H2,1-4H3. The molecule has 0 aliphatic heterocycles. The van der Waals surface area contributed by atoms with Gasteiger partial charge in [0.1, 0.15) is 5.60 Å². The summed E-state index contributed by atoms with van der Waals surface area (Å²) in [5, 5.41) is 3.98.